The van der Waals surface area contributed by atoms with Crippen molar-refractivity contribution in [2.75, 3.05) is 14.2 Å². The minimum atomic E-state index is 0.123. The largest absolute Gasteiger partial charge is 0.497 e. The van der Waals surface area contributed by atoms with E-state index < -0.39 is 0 Å². The Balaban J connectivity index is 1.69. The third kappa shape index (κ3) is 4.15. The average molecular weight is 374 g/mol. The molecule has 0 saturated carbocycles. The number of hydrogen-bond acceptors (Lipinski definition) is 6. The number of aromatic nitrogens is 2. The van der Waals surface area contributed by atoms with Crippen molar-refractivity contribution in [3.8, 4) is 22.9 Å². The molecule has 1 atom stereocenters. The highest BCUT2D eigenvalue weighted by molar-refractivity contribution is 6.30. The van der Waals surface area contributed by atoms with Gasteiger partial charge >= 0.3 is 0 Å². The predicted octanol–water partition coefficient (Wildman–Crippen LogP) is 4.26. The molecule has 1 N–H and O–H groups in total. The van der Waals surface area contributed by atoms with Crippen molar-refractivity contribution in [1.29, 1.82) is 0 Å². The Kier molecular flexibility index (Phi) is 5.75. The Bertz CT molecular complexity index is 865. The summed E-state index contributed by atoms with van der Waals surface area (Å²) in [5, 5.41) is 8.12. The van der Waals surface area contributed by atoms with Gasteiger partial charge in [-0.05, 0) is 36.8 Å². The first-order chi connectivity index (χ1) is 12.6. The predicted molar refractivity (Wildman–Crippen MR) is 99.5 cm³/mol. The van der Waals surface area contributed by atoms with Gasteiger partial charge in [0.2, 0.25) is 11.7 Å². The number of nitrogens with zero attached hydrogens (tertiary/aromatic N) is 2. The molecule has 7 heteroatoms. The summed E-state index contributed by atoms with van der Waals surface area (Å²) in [5.74, 6) is 2.30. The Labute approximate surface area is 157 Å². The molecule has 0 aliphatic rings. The van der Waals surface area contributed by atoms with Gasteiger partial charge in [-0.2, -0.15) is 4.98 Å². The van der Waals surface area contributed by atoms with Crippen molar-refractivity contribution in [1.82, 2.24) is 15.5 Å². The normalized spacial score (nSPS) is 12.0. The van der Waals surface area contributed by atoms with Gasteiger partial charge in [0, 0.05) is 17.1 Å². The Morgan fingerprint density at radius 2 is 1.88 bits per heavy atom. The molecule has 0 aliphatic heterocycles. The zero-order chi connectivity index (χ0) is 18.5. The van der Waals surface area contributed by atoms with Gasteiger partial charge in [-0.25, -0.2) is 0 Å². The molecule has 2 aromatic carbocycles. The summed E-state index contributed by atoms with van der Waals surface area (Å²) in [6, 6.07) is 13.3. The van der Waals surface area contributed by atoms with Gasteiger partial charge in [-0.3, -0.25) is 0 Å². The van der Waals surface area contributed by atoms with Crippen LogP contribution in [0.2, 0.25) is 5.02 Å². The average Bonchev–Trinajstić information content (AvgIpc) is 3.15. The van der Waals surface area contributed by atoms with Crippen LogP contribution in [0, 0.1) is 0 Å². The van der Waals surface area contributed by atoms with Gasteiger partial charge in [-0.15, -0.1) is 0 Å². The molecule has 26 heavy (non-hydrogen) atoms. The topological polar surface area (TPSA) is 69.4 Å². The number of methoxy groups -OCH3 is 2. The number of rotatable bonds is 7. The molecule has 3 rings (SSSR count). The maximum absolute atomic E-state index is 5.92. The third-order valence-corrected chi connectivity index (χ3v) is 4.30. The van der Waals surface area contributed by atoms with Gasteiger partial charge in [-0.1, -0.05) is 28.9 Å². The van der Waals surface area contributed by atoms with E-state index in [4.69, 9.17) is 25.6 Å². The summed E-state index contributed by atoms with van der Waals surface area (Å²) >= 11 is 5.92. The van der Waals surface area contributed by atoms with Gasteiger partial charge in [0.1, 0.15) is 11.5 Å². The van der Waals surface area contributed by atoms with Crippen LogP contribution >= 0.6 is 11.6 Å². The van der Waals surface area contributed by atoms with Crippen LogP contribution in [-0.4, -0.2) is 24.4 Å². The maximum Gasteiger partial charge on any atom is 0.240 e. The highest BCUT2D eigenvalue weighted by Gasteiger charge is 2.15. The fourth-order valence-corrected chi connectivity index (χ4v) is 2.66. The highest BCUT2D eigenvalue weighted by Crippen LogP contribution is 2.31. The van der Waals surface area contributed by atoms with Crippen LogP contribution < -0.4 is 14.8 Å². The zero-order valence-electron chi connectivity index (χ0n) is 14.8. The molecule has 0 radical (unpaired) electrons. The molecule has 0 amide bonds. The monoisotopic (exact) mass is 373 g/mol. The SMILES string of the molecule is COc1ccc(-c2noc(CNC(C)c3ccc(Cl)cc3)n2)c(OC)c1. The lowest BCUT2D eigenvalue weighted by atomic mass is 10.1. The second-order valence-corrected chi connectivity index (χ2v) is 6.17. The summed E-state index contributed by atoms with van der Waals surface area (Å²) in [6.45, 7) is 2.52. The Morgan fingerprint density at radius 1 is 1.12 bits per heavy atom. The summed E-state index contributed by atoms with van der Waals surface area (Å²) in [4.78, 5) is 4.44. The van der Waals surface area contributed by atoms with Crippen LogP contribution in [0.5, 0.6) is 11.5 Å². The zero-order valence-corrected chi connectivity index (χ0v) is 15.6. The fourth-order valence-electron chi connectivity index (χ4n) is 2.53. The molecule has 3 aromatic rings. The van der Waals surface area contributed by atoms with Gasteiger partial charge in [0.15, 0.2) is 0 Å². The van der Waals surface area contributed by atoms with Crippen molar-refractivity contribution >= 4 is 11.6 Å². The molecule has 1 heterocycles. The molecule has 0 saturated heterocycles. The van der Waals surface area contributed by atoms with E-state index >= 15 is 0 Å². The van der Waals surface area contributed by atoms with Crippen molar-refractivity contribution < 1.29 is 14.0 Å². The van der Waals surface area contributed by atoms with Crippen molar-refractivity contribution in [3.63, 3.8) is 0 Å². The molecular formula is C19H20ClN3O3. The van der Waals surface area contributed by atoms with Crippen LogP contribution in [0.3, 0.4) is 0 Å². The minimum Gasteiger partial charge on any atom is -0.497 e. The van der Waals surface area contributed by atoms with E-state index in [9.17, 15) is 0 Å². The van der Waals surface area contributed by atoms with Gasteiger partial charge in [0.05, 0.1) is 26.3 Å². The van der Waals surface area contributed by atoms with E-state index in [2.05, 4.69) is 22.4 Å². The number of halogens is 1. The van der Waals surface area contributed by atoms with E-state index in [1.54, 1.807) is 20.3 Å². The quantitative estimate of drug-likeness (QED) is 0.667. The van der Waals surface area contributed by atoms with Gasteiger partial charge in [0.25, 0.3) is 0 Å². The molecule has 136 valence electrons. The minimum absolute atomic E-state index is 0.123. The van der Waals surface area contributed by atoms with Crippen LogP contribution in [0.25, 0.3) is 11.4 Å². The van der Waals surface area contributed by atoms with Crippen molar-refractivity contribution in [2.45, 2.75) is 19.5 Å². The smallest absolute Gasteiger partial charge is 0.240 e. The molecule has 6 nitrogen and oxygen atoms in total. The summed E-state index contributed by atoms with van der Waals surface area (Å²) < 4.78 is 15.9. The maximum atomic E-state index is 5.92. The number of nitrogens with one attached hydrogen (secondary N) is 1. The van der Waals surface area contributed by atoms with Crippen LogP contribution in [0.15, 0.2) is 47.0 Å². The van der Waals surface area contributed by atoms with Crippen LogP contribution in [-0.2, 0) is 6.54 Å². The fraction of sp³-hybridized carbons (Fsp3) is 0.263. The van der Waals surface area contributed by atoms with Gasteiger partial charge < -0.3 is 19.3 Å². The molecular weight excluding hydrogens is 354 g/mol. The standard InChI is InChI=1S/C19H20ClN3O3/c1-12(13-4-6-14(20)7-5-13)21-11-18-22-19(23-26-18)16-9-8-15(24-2)10-17(16)25-3/h4-10,12,21H,11H2,1-3H3. The first-order valence-corrected chi connectivity index (χ1v) is 8.52. The highest BCUT2D eigenvalue weighted by atomic mass is 35.5. The molecule has 1 aromatic heterocycles. The van der Waals surface area contributed by atoms with E-state index in [0.29, 0.717) is 29.8 Å². The number of ether oxygens (including phenoxy) is 2. The first-order valence-electron chi connectivity index (χ1n) is 8.14. The number of benzene rings is 2. The number of hydrogen-bond donors (Lipinski definition) is 1. The second-order valence-electron chi connectivity index (χ2n) is 5.73. The summed E-state index contributed by atoms with van der Waals surface area (Å²) in [7, 11) is 3.20. The van der Waals surface area contributed by atoms with Crippen molar-refractivity contribution in [2.24, 2.45) is 0 Å². The molecule has 0 bridgehead atoms. The summed E-state index contributed by atoms with van der Waals surface area (Å²) in [5.41, 5.74) is 1.88. The van der Waals surface area contributed by atoms with Crippen molar-refractivity contribution in [3.05, 3.63) is 58.9 Å². The van der Waals surface area contributed by atoms with Crippen LogP contribution in [0.1, 0.15) is 24.4 Å². The Morgan fingerprint density at radius 3 is 2.58 bits per heavy atom. The lowest BCUT2D eigenvalue weighted by Crippen LogP contribution is -2.18. The Hall–Kier alpha value is -2.57. The van der Waals surface area contributed by atoms with E-state index in [-0.39, 0.29) is 6.04 Å². The third-order valence-electron chi connectivity index (χ3n) is 4.05. The summed E-state index contributed by atoms with van der Waals surface area (Å²) in [6.07, 6.45) is 0. The molecule has 0 aliphatic carbocycles. The van der Waals surface area contributed by atoms with Crippen LogP contribution in [0.4, 0.5) is 0 Å². The van der Waals surface area contributed by atoms with E-state index in [1.807, 2.05) is 36.4 Å². The lowest BCUT2D eigenvalue weighted by Gasteiger charge is -2.12. The lowest BCUT2D eigenvalue weighted by molar-refractivity contribution is 0.360. The molecule has 0 fully saturated rings. The second kappa shape index (κ2) is 8.21. The van der Waals surface area contributed by atoms with E-state index in [0.717, 1.165) is 16.1 Å². The first kappa shape index (κ1) is 18.2. The molecule has 1 unspecified atom stereocenters. The van der Waals surface area contributed by atoms with E-state index in [1.165, 1.54) is 0 Å². The molecule has 0 spiro atoms.